The smallest absolute Gasteiger partial charge is 0.0139 e. The van der Waals surface area contributed by atoms with E-state index in [2.05, 4.69) is 89.2 Å². The third kappa shape index (κ3) is 4.55. The summed E-state index contributed by atoms with van der Waals surface area (Å²) < 4.78 is 0. The Morgan fingerprint density at radius 3 is 2.18 bits per heavy atom. The van der Waals surface area contributed by atoms with Crippen LogP contribution in [0.5, 0.6) is 0 Å². The van der Waals surface area contributed by atoms with Crippen molar-refractivity contribution in [2.45, 2.75) is 67.7 Å². The third-order valence-electron chi connectivity index (χ3n) is 5.08. The quantitative estimate of drug-likeness (QED) is 0.374. The third-order valence-corrected chi connectivity index (χ3v) is 5.08. The van der Waals surface area contributed by atoms with Crippen molar-refractivity contribution >= 4 is 27.1 Å². The molecule has 3 aromatic rings. The Hall–Kier alpha value is -2.34. The summed E-state index contributed by atoms with van der Waals surface area (Å²) in [4.78, 5) is 0. The molecule has 1 aliphatic carbocycles. The molecular weight excluding hydrogens is 336 g/mol. The Kier molecular flexibility index (Phi) is 8.05. The second-order valence-electron chi connectivity index (χ2n) is 7.42. The minimum atomic E-state index is 1.15. The van der Waals surface area contributed by atoms with Crippen molar-refractivity contribution in [2.75, 3.05) is 0 Å². The maximum Gasteiger partial charge on any atom is -0.0139 e. The molecule has 0 fully saturated rings. The molecule has 0 radical (unpaired) electrons. The molecule has 0 unspecified atom stereocenters. The van der Waals surface area contributed by atoms with Crippen LogP contribution in [-0.4, -0.2) is 0 Å². The largest absolute Gasteiger partial charge is 0.0870 e. The summed E-state index contributed by atoms with van der Waals surface area (Å²) in [6.07, 6.45) is 7.99. The highest BCUT2D eigenvalue weighted by molar-refractivity contribution is 6.02. The first-order valence-corrected chi connectivity index (χ1v) is 10.9. The Bertz CT molecular complexity index is 999. The second-order valence-corrected chi connectivity index (χ2v) is 7.42. The van der Waals surface area contributed by atoms with Crippen molar-refractivity contribution in [3.63, 3.8) is 0 Å². The molecule has 0 heteroatoms. The van der Waals surface area contributed by atoms with E-state index in [1.54, 1.807) is 0 Å². The van der Waals surface area contributed by atoms with Crippen molar-refractivity contribution in [3.8, 4) is 0 Å². The van der Waals surface area contributed by atoms with Crippen LogP contribution in [0.3, 0.4) is 0 Å². The molecular formula is C28H36. The van der Waals surface area contributed by atoms with Gasteiger partial charge in [-0.3, -0.25) is 0 Å². The van der Waals surface area contributed by atoms with Gasteiger partial charge in [-0.1, -0.05) is 87.7 Å². The molecule has 0 N–H and O–H groups in total. The number of hydrogen-bond acceptors (Lipinski definition) is 0. The van der Waals surface area contributed by atoms with Crippen molar-refractivity contribution in [1.29, 1.82) is 0 Å². The first-order chi connectivity index (χ1) is 13.6. The lowest BCUT2D eigenvalue weighted by Crippen LogP contribution is -2.03. The van der Waals surface area contributed by atoms with Crippen LogP contribution in [0.2, 0.25) is 0 Å². The molecule has 0 bridgehead atoms. The van der Waals surface area contributed by atoms with Crippen LogP contribution in [0.25, 0.3) is 27.1 Å². The second kappa shape index (κ2) is 10.3. The van der Waals surface area contributed by atoms with Gasteiger partial charge >= 0.3 is 0 Å². The van der Waals surface area contributed by atoms with Gasteiger partial charge in [0.1, 0.15) is 0 Å². The van der Waals surface area contributed by atoms with E-state index >= 15 is 0 Å². The van der Waals surface area contributed by atoms with E-state index in [0.717, 1.165) is 12.8 Å². The number of allylic oxidation sites excluding steroid dienone is 4. The van der Waals surface area contributed by atoms with Crippen LogP contribution in [0.4, 0.5) is 0 Å². The molecule has 0 heterocycles. The summed E-state index contributed by atoms with van der Waals surface area (Å²) in [6, 6.07) is 16.1. The predicted octanol–water partition coefficient (Wildman–Crippen LogP) is 9.04. The van der Waals surface area contributed by atoms with Crippen LogP contribution >= 0.6 is 0 Å². The van der Waals surface area contributed by atoms with Crippen LogP contribution in [0.15, 0.2) is 60.2 Å². The molecule has 148 valence electrons. The van der Waals surface area contributed by atoms with Gasteiger partial charge in [0.25, 0.3) is 0 Å². The van der Waals surface area contributed by atoms with Crippen molar-refractivity contribution < 1.29 is 0 Å². The average molecular weight is 373 g/mol. The zero-order valence-electron chi connectivity index (χ0n) is 18.8. The monoisotopic (exact) mass is 372 g/mol. The summed E-state index contributed by atoms with van der Waals surface area (Å²) in [5, 5.41) is 5.47. The highest BCUT2D eigenvalue weighted by Crippen LogP contribution is 2.37. The fourth-order valence-electron chi connectivity index (χ4n) is 3.85. The molecule has 3 aromatic carbocycles. The number of aryl methyl sites for hydroxylation is 2. The highest BCUT2D eigenvalue weighted by Gasteiger charge is 2.17. The Morgan fingerprint density at radius 2 is 1.50 bits per heavy atom. The fourth-order valence-corrected chi connectivity index (χ4v) is 3.85. The van der Waals surface area contributed by atoms with Crippen LogP contribution in [0, 0.1) is 6.92 Å². The van der Waals surface area contributed by atoms with E-state index < -0.39 is 0 Å². The minimum Gasteiger partial charge on any atom is -0.0870 e. The lowest BCUT2D eigenvalue weighted by Gasteiger charge is -2.22. The summed E-state index contributed by atoms with van der Waals surface area (Å²) in [5.41, 5.74) is 7.19. The fraction of sp³-hybridized carbons (Fsp3) is 0.357. The van der Waals surface area contributed by atoms with Gasteiger partial charge in [0, 0.05) is 0 Å². The molecule has 4 rings (SSSR count). The molecule has 0 saturated carbocycles. The maximum atomic E-state index is 2.39. The number of rotatable bonds is 1. The van der Waals surface area contributed by atoms with E-state index in [-0.39, 0.29) is 0 Å². The number of hydrogen-bond donors (Lipinski definition) is 0. The Labute approximate surface area is 172 Å². The van der Waals surface area contributed by atoms with Gasteiger partial charge < -0.3 is 0 Å². The molecule has 0 spiro atoms. The molecule has 0 saturated heterocycles. The number of fused-ring (bicyclic) bond motifs is 4. The molecule has 0 aromatic heterocycles. The van der Waals surface area contributed by atoms with Gasteiger partial charge in [-0.05, 0) is 84.0 Å². The van der Waals surface area contributed by atoms with Gasteiger partial charge in [-0.2, -0.15) is 0 Å². The van der Waals surface area contributed by atoms with Gasteiger partial charge in [0.15, 0.2) is 0 Å². The SMILES string of the molecule is C/C=C\C1=C(C)CCc2c1ccc1cc3ccc(C)cc3cc21.CC.CCC. The Balaban J connectivity index is 0.000000514. The van der Waals surface area contributed by atoms with Crippen molar-refractivity contribution in [3.05, 3.63) is 76.9 Å². The van der Waals surface area contributed by atoms with Crippen LogP contribution in [0.1, 0.15) is 71.1 Å². The Morgan fingerprint density at radius 1 is 0.821 bits per heavy atom. The van der Waals surface area contributed by atoms with Gasteiger partial charge in [0.2, 0.25) is 0 Å². The van der Waals surface area contributed by atoms with Crippen LogP contribution in [-0.2, 0) is 6.42 Å². The van der Waals surface area contributed by atoms with E-state index in [0.29, 0.717) is 0 Å². The zero-order valence-corrected chi connectivity index (χ0v) is 18.8. The van der Waals surface area contributed by atoms with Gasteiger partial charge in [0.05, 0.1) is 0 Å². The topological polar surface area (TPSA) is 0 Å². The summed E-state index contributed by atoms with van der Waals surface area (Å²) in [5.74, 6) is 0. The zero-order chi connectivity index (χ0) is 20.7. The van der Waals surface area contributed by atoms with E-state index in [9.17, 15) is 0 Å². The molecule has 1 aliphatic rings. The summed E-state index contributed by atoms with van der Waals surface area (Å²) in [6.45, 7) is 14.8. The van der Waals surface area contributed by atoms with Crippen molar-refractivity contribution in [1.82, 2.24) is 0 Å². The van der Waals surface area contributed by atoms with Gasteiger partial charge in [-0.15, -0.1) is 0 Å². The first-order valence-electron chi connectivity index (χ1n) is 10.9. The predicted molar refractivity (Wildman–Crippen MR) is 129 cm³/mol. The maximum absolute atomic E-state index is 2.39. The summed E-state index contributed by atoms with van der Waals surface area (Å²) in [7, 11) is 0. The standard InChI is InChI=1S/C23H22.C3H8.C2H6/c1-4-5-20-16(3)7-10-22-21(20)11-9-18-13-17-8-6-15(2)12-19(17)14-23(18)22;1-3-2;1-2/h4-6,8-9,11-14H,7,10H2,1-3H3;3H2,1-2H3;1-2H3/b5-4-;;. The normalized spacial score (nSPS) is 13.1. The lowest BCUT2D eigenvalue weighted by atomic mass is 9.83. The van der Waals surface area contributed by atoms with Crippen LogP contribution < -0.4 is 0 Å². The highest BCUT2D eigenvalue weighted by atomic mass is 14.2. The van der Waals surface area contributed by atoms with E-state index in [4.69, 9.17) is 0 Å². The number of benzene rings is 3. The van der Waals surface area contributed by atoms with Crippen molar-refractivity contribution in [2.24, 2.45) is 0 Å². The first kappa shape index (κ1) is 22.0. The molecule has 0 aliphatic heterocycles. The van der Waals surface area contributed by atoms with Gasteiger partial charge in [-0.25, -0.2) is 0 Å². The lowest BCUT2D eigenvalue weighted by molar-refractivity contribution is 0.929. The summed E-state index contributed by atoms with van der Waals surface area (Å²) >= 11 is 0. The molecule has 0 atom stereocenters. The molecule has 0 nitrogen and oxygen atoms in total. The molecule has 0 amide bonds. The average Bonchev–Trinajstić information content (AvgIpc) is 2.70. The minimum absolute atomic E-state index is 1.15. The van der Waals surface area contributed by atoms with E-state index in [1.807, 2.05) is 13.8 Å². The van der Waals surface area contributed by atoms with E-state index in [1.165, 1.54) is 55.8 Å². The molecule has 28 heavy (non-hydrogen) atoms.